The van der Waals surface area contributed by atoms with Gasteiger partial charge < -0.3 is 10.5 Å². The number of anilines is 1. The molecule has 0 aliphatic carbocycles. The standard InChI is InChI=1S/C20H13BrN4O/c1-26-19-7-6-14(8-17(19)21)15-9-18(25-20(24)16(15)11-23)13-4-2-12(10-22)3-5-13/h2-9H,1H3,(H2,24,25). The van der Waals surface area contributed by atoms with Crippen molar-refractivity contribution in [2.24, 2.45) is 0 Å². The molecule has 126 valence electrons. The van der Waals surface area contributed by atoms with E-state index in [-0.39, 0.29) is 5.82 Å². The molecule has 0 amide bonds. The first-order valence-electron chi connectivity index (χ1n) is 7.62. The van der Waals surface area contributed by atoms with E-state index in [4.69, 9.17) is 15.7 Å². The van der Waals surface area contributed by atoms with Crippen molar-refractivity contribution in [3.63, 3.8) is 0 Å². The van der Waals surface area contributed by atoms with Crippen LogP contribution < -0.4 is 10.5 Å². The molecule has 26 heavy (non-hydrogen) atoms. The Kier molecular flexibility index (Phi) is 4.88. The molecule has 0 aliphatic heterocycles. The lowest BCUT2D eigenvalue weighted by Crippen LogP contribution is -2.00. The van der Waals surface area contributed by atoms with E-state index < -0.39 is 0 Å². The Labute approximate surface area is 159 Å². The quantitative estimate of drug-likeness (QED) is 0.692. The minimum atomic E-state index is 0.163. The second kappa shape index (κ2) is 7.26. The molecule has 0 spiro atoms. The summed E-state index contributed by atoms with van der Waals surface area (Å²) in [6, 6.07) is 18.6. The number of halogens is 1. The molecule has 1 aromatic heterocycles. The fourth-order valence-corrected chi connectivity index (χ4v) is 3.15. The normalized spacial score (nSPS) is 10.0. The fourth-order valence-electron chi connectivity index (χ4n) is 2.61. The van der Waals surface area contributed by atoms with E-state index in [2.05, 4.69) is 33.1 Å². The van der Waals surface area contributed by atoms with Crippen LogP contribution in [0.25, 0.3) is 22.4 Å². The lowest BCUT2D eigenvalue weighted by Gasteiger charge is -2.12. The van der Waals surface area contributed by atoms with Crippen LogP contribution in [0.1, 0.15) is 11.1 Å². The van der Waals surface area contributed by atoms with Crippen molar-refractivity contribution < 1.29 is 4.74 Å². The van der Waals surface area contributed by atoms with Crippen LogP contribution in [0.2, 0.25) is 0 Å². The van der Waals surface area contributed by atoms with Gasteiger partial charge in [0.2, 0.25) is 0 Å². The van der Waals surface area contributed by atoms with Gasteiger partial charge in [-0.1, -0.05) is 18.2 Å². The summed E-state index contributed by atoms with van der Waals surface area (Å²) in [5.41, 5.74) is 9.87. The summed E-state index contributed by atoms with van der Waals surface area (Å²) in [4.78, 5) is 4.35. The number of aromatic nitrogens is 1. The monoisotopic (exact) mass is 404 g/mol. The average molecular weight is 405 g/mol. The summed E-state index contributed by atoms with van der Waals surface area (Å²) in [7, 11) is 1.59. The molecule has 3 rings (SSSR count). The average Bonchev–Trinajstić information content (AvgIpc) is 2.67. The first-order chi connectivity index (χ1) is 12.6. The van der Waals surface area contributed by atoms with Gasteiger partial charge in [0, 0.05) is 11.1 Å². The van der Waals surface area contributed by atoms with Gasteiger partial charge in [0.05, 0.1) is 28.9 Å². The van der Waals surface area contributed by atoms with E-state index in [9.17, 15) is 5.26 Å². The highest BCUT2D eigenvalue weighted by Crippen LogP contribution is 2.35. The highest BCUT2D eigenvalue weighted by molar-refractivity contribution is 9.10. The Hall–Kier alpha value is -3.35. The highest BCUT2D eigenvalue weighted by atomic mass is 79.9. The number of nitriles is 2. The zero-order chi connectivity index (χ0) is 18.7. The molecule has 2 N–H and O–H groups in total. The Bertz CT molecular complexity index is 1060. The number of pyridine rings is 1. The molecule has 0 atom stereocenters. The van der Waals surface area contributed by atoms with Crippen molar-refractivity contribution >= 4 is 21.7 Å². The smallest absolute Gasteiger partial charge is 0.142 e. The maximum atomic E-state index is 9.52. The van der Waals surface area contributed by atoms with E-state index in [0.29, 0.717) is 28.1 Å². The van der Waals surface area contributed by atoms with Crippen LogP contribution in [0.5, 0.6) is 5.75 Å². The molecule has 6 heteroatoms. The van der Waals surface area contributed by atoms with Crippen molar-refractivity contribution in [2.45, 2.75) is 0 Å². The lowest BCUT2D eigenvalue weighted by molar-refractivity contribution is 0.412. The number of hydrogen-bond acceptors (Lipinski definition) is 5. The molecule has 0 aliphatic rings. The van der Waals surface area contributed by atoms with Crippen LogP contribution >= 0.6 is 15.9 Å². The summed E-state index contributed by atoms with van der Waals surface area (Å²) >= 11 is 3.46. The van der Waals surface area contributed by atoms with E-state index in [0.717, 1.165) is 15.6 Å². The lowest BCUT2D eigenvalue weighted by atomic mass is 9.98. The maximum absolute atomic E-state index is 9.52. The zero-order valence-electron chi connectivity index (χ0n) is 13.8. The van der Waals surface area contributed by atoms with Gasteiger partial charge in [-0.15, -0.1) is 0 Å². The van der Waals surface area contributed by atoms with Crippen LogP contribution in [0.3, 0.4) is 0 Å². The zero-order valence-corrected chi connectivity index (χ0v) is 15.4. The van der Waals surface area contributed by atoms with Gasteiger partial charge in [-0.3, -0.25) is 0 Å². The maximum Gasteiger partial charge on any atom is 0.142 e. The van der Waals surface area contributed by atoms with Gasteiger partial charge in [-0.2, -0.15) is 10.5 Å². The van der Waals surface area contributed by atoms with E-state index >= 15 is 0 Å². The van der Waals surface area contributed by atoms with Gasteiger partial charge in [-0.05, 0) is 51.8 Å². The Morgan fingerprint density at radius 3 is 2.27 bits per heavy atom. The van der Waals surface area contributed by atoms with Crippen molar-refractivity contribution in [2.75, 3.05) is 12.8 Å². The Morgan fingerprint density at radius 2 is 1.69 bits per heavy atom. The largest absolute Gasteiger partial charge is 0.496 e. The molecule has 5 nitrogen and oxygen atoms in total. The predicted octanol–water partition coefficient (Wildman–Crippen LogP) is 4.51. The number of nitrogen functional groups attached to an aromatic ring is 1. The Balaban J connectivity index is 2.18. The SMILES string of the molecule is COc1ccc(-c2cc(-c3ccc(C#N)cc3)nc(N)c2C#N)cc1Br. The van der Waals surface area contributed by atoms with E-state index in [1.54, 1.807) is 31.4 Å². The number of hydrogen-bond donors (Lipinski definition) is 1. The predicted molar refractivity (Wildman–Crippen MR) is 103 cm³/mol. The van der Waals surface area contributed by atoms with Crippen LogP contribution in [0.15, 0.2) is 53.0 Å². The molecular formula is C20H13BrN4O. The molecule has 3 aromatic rings. The van der Waals surface area contributed by atoms with Crippen LogP contribution in [-0.4, -0.2) is 12.1 Å². The number of methoxy groups -OCH3 is 1. The summed E-state index contributed by atoms with van der Waals surface area (Å²) in [6.07, 6.45) is 0. The highest BCUT2D eigenvalue weighted by Gasteiger charge is 2.14. The van der Waals surface area contributed by atoms with Crippen molar-refractivity contribution in [1.82, 2.24) is 4.98 Å². The number of rotatable bonds is 3. The second-order valence-corrected chi connectivity index (χ2v) is 6.32. The second-order valence-electron chi connectivity index (χ2n) is 5.47. The van der Waals surface area contributed by atoms with Crippen LogP contribution in [0.4, 0.5) is 5.82 Å². The third-order valence-corrected chi connectivity index (χ3v) is 4.55. The summed E-state index contributed by atoms with van der Waals surface area (Å²) in [6.45, 7) is 0. The van der Waals surface area contributed by atoms with Crippen molar-refractivity contribution in [3.05, 3.63) is 64.1 Å². The summed E-state index contributed by atoms with van der Waals surface area (Å²) in [5.74, 6) is 0.859. The molecule has 0 unspecified atom stereocenters. The molecule has 0 saturated carbocycles. The van der Waals surface area contributed by atoms with Gasteiger partial charge in [-0.25, -0.2) is 4.98 Å². The molecule has 0 fully saturated rings. The van der Waals surface area contributed by atoms with Gasteiger partial charge in [0.15, 0.2) is 0 Å². The first kappa shape index (κ1) is 17.5. The van der Waals surface area contributed by atoms with Gasteiger partial charge in [0.1, 0.15) is 23.2 Å². The van der Waals surface area contributed by atoms with Crippen molar-refractivity contribution in [1.29, 1.82) is 10.5 Å². The molecule has 0 bridgehead atoms. The number of nitrogens with zero attached hydrogens (tertiary/aromatic N) is 3. The molecular weight excluding hydrogens is 392 g/mol. The summed E-state index contributed by atoms with van der Waals surface area (Å²) < 4.78 is 6.03. The van der Waals surface area contributed by atoms with Crippen LogP contribution in [-0.2, 0) is 0 Å². The van der Waals surface area contributed by atoms with Gasteiger partial charge >= 0.3 is 0 Å². The minimum absolute atomic E-state index is 0.163. The third-order valence-electron chi connectivity index (χ3n) is 3.93. The Morgan fingerprint density at radius 1 is 1.00 bits per heavy atom. The minimum Gasteiger partial charge on any atom is -0.496 e. The fraction of sp³-hybridized carbons (Fsp3) is 0.0500. The first-order valence-corrected chi connectivity index (χ1v) is 8.41. The number of benzene rings is 2. The number of nitrogens with two attached hydrogens (primary N) is 1. The topological polar surface area (TPSA) is 95.7 Å². The van der Waals surface area contributed by atoms with E-state index in [1.165, 1.54) is 0 Å². The molecule has 2 aromatic carbocycles. The third kappa shape index (κ3) is 3.23. The molecule has 0 radical (unpaired) electrons. The number of ether oxygens (including phenoxy) is 1. The van der Waals surface area contributed by atoms with Crippen molar-refractivity contribution in [3.8, 4) is 40.3 Å². The molecule has 0 saturated heterocycles. The molecule has 1 heterocycles. The van der Waals surface area contributed by atoms with Crippen LogP contribution in [0, 0.1) is 22.7 Å². The van der Waals surface area contributed by atoms with Gasteiger partial charge in [0.25, 0.3) is 0 Å². The summed E-state index contributed by atoms with van der Waals surface area (Å²) in [5, 5.41) is 18.5. The van der Waals surface area contributed by atoms with E-state index in [1.807, 2.05) is 24.3 Å².